The third kappa shape index (κ3) is 8.42. The quantitative estimate of drug-likeness (QED) is 0.0894. The van der Waals surface area contributed by atoms with E-state index in [0.717, 1.165) is 22.4 Å². The van der Waals surface area contributed by atoms with Gasteiger partial charge in [0.15, 0.2) is 39.9 Å². The number of aromatic nitrogens is 2. The van der Waals surface area contributed by atoms with Crippen LogP contribution in [0, 0.1) is 0 Å². The highest BCUT2D eigenvalue weighted by Crippen LogP contribution is 2.47. The fourth-order valence-corrected chi connectivity index (χ4v) is 7.10. The predicted octanol–water partition coefficient (Wildman–Crippen LogP) is 9.97. The maximum atomic E-state index is 13.8. The summed E-state index contributed by atoms with van der Waals surface area (Å²) in [6, 6.07) is 25.4. The second-order valence-electron chi connectivity index (χ2n) is 13.7. The number of ketones is 1. The van der Waals surface area contributed by atoms with E-state index in [2.05, 4.69) is 9.97 Å². The highest BCUT2D eigenvalue weighted by atomic mass is 16.5. The summed E-state index contributed by atoms with van der Waals surface area (Å²) in [6.07, 6.45) is 3.21. The zero-order chi connectivity index (χ0) is 45.5. The summed E-state index contributed by atoms with van der Waals surface area (Å²) < 4.78 is 66.3. The first-order chi connectivity index (χ1) is 31.2. The SMILES string of the molecule is COc1ccc(-c2oc3cc(OC)cnc3c2-c2cc(OC)c(OC)c(OC)c2)cc1.COc1ccc(-c2oc3cc(OC)cnc3c2C(=O)c2cc(OC)c(OC)c(OC)c2)cc1. The molecule has 0 aliphatic carbocycles. The molecule has 4 aromatic heterocycles. The molecule has 0 unspecified atom stereocenters. The highest BCUT2D eigenvalue weighted by Gasteiger charge is 2.28. The second kappa shape index (κ2) is 19.3. The average molecular weight is 871 g/mol. The average Bonchev–Trinajstić information content (AvgIpc) is 3.93. The summed E-state index contributed by atoms with van der Waals surface area (Å²) in [7, 11) is 15.6. The molecule has 15 heteroatoms. The van der Waals surface area contributed by atoms with Gasteiger partial charge in [-0.2, -0.15) is 0 Å². The zero-order valence-electron chi connectivity index (χ0n) is 36.9. The third-order valence-corrected chi connectivity index (χ3v) is 10.3. The topological polar surface area (TPSA) is 161 Å². The number of nitrogens with zero attached hydrogens (tertiary/aromatic N) is 2. The first-order valence-electron chi connectivity index (χ1n) is 19.5. The Morgan fingerprint density at radius 1 is 0.422 bits per heavy atom. The van der Waals surface area contributed by atoms with Crippen LogP contribution in [0.25, 0.3) is 56.0 Å². The van der Waals surface area contributed by atoms with Crippen LogP contribution in [0.5, 0.6) is 57.5 Å². The number of carbonyl (C=O) groups is 1. The minimum absolute atomic E-state index is 0.309. The summed E-state index contributed by atoms with van der Waals surface area (Å²) in [6.45, 7) is 0. The van der Waals surface area contributed by atoms with Crippen LogP contribution in [0.1, 0.15) is 15.9 Å². The predicted molar refractivity (Wildman–Crippen MR) is 240 cm³/mol. The lowest BCUT2D eigenvalue weighted by molar-refractivity contribution is 0.103. The molecule has 8 aromatic rings. The first kappa shape index (κ1) is 44.0. The van der Waals surface area contributed by atoms with Crippen LogP contribution < -0.4 is 47.4 Å². The van der Waals surface area contributed by atoms with Gasteiger partial charge >= 0.3 is 0 Å². The van der Waals surface area contributed by atoms with Gasteiger partial charge in [-0.1, -0.05) is 0 Å². The number of hydrogen-bond donors (Lipinski definition) is 0. The Morgan fingerprint density at radius 3 is 1.27 bits per heavy atom. The number of hydrogen-bond acceptors (Lipinski definition) is 15. The Bertz CT molecular complexity index is 2870. The minimum Gasteiger partial charge on any atom is -0.497 e. The Balaban J connectivity index is 0.000000192. The Kier molecular flexibility index (Phi) is 13.3. The van der Waals surface area contributed by atoms with E-state index in [-0.39, 0.29) is 5.78 Å². The molecule has 15 nitrogen and oxygen atoms in total. The van der Waals surface area contributed by atoms with Crippen molar-refractivity contribution in [2.24, 2.45) is 0 Å². The number of fused-ring (bicyclic) bond motifs is 2. The van der Waals surface area contributed by atoms with Crippen molar-refractivity contribution in [3.63, 3.8) is 0 Å². The van der Waals surface area contributed by atoms with Gasteiger partial charge in [0.2, 0.25) is 11.5 Å². The lowest BCUT2D eigenvalue weighted by Crippen LogP contribution is -2.05. The molecule has 0 spiro atoms. The molecular formula is C49H46N2O13. The molecule has 0 aliphatic rings. The molecule has 0 amide bonds. The van der Waals surface area contributed by atoms with Crippen LogP contribution in [0.2, 0.25) is 0 Å². The molecule has 0 fully saturated rings. The van der Waals surface area contributed by atoms with Gasteiger partial charge in [-0.05, 0) is 78.4 Å². The molecule has 0 saturated carbocycles. The van der Waals surface area contributed by atoms with Gasteiger partial charge < -0.3 is 56.2 Å². The Morgan fingerprint density at radius 2 is 0.828 bits per heavy atom. The zero-order valence-corrected chi connectivity index (χ0v) is 36.9. The van der Waals surface area contributed by atoms with Crippen LogP contribution in [-0.2, 0) is 0 Å². The fourth-order valence-electron chi connectivity index (χ4n) is 7.10. The summed E-state index contributed by atoms with van der Waals surface area (Å²) in [5.74, 6) is 6.04. The second-order valence-corrected chi connectivity index (χ2v) is 13.7. The fraction of sp³-hybridized carbons (Fsp3) is 0.204. The number of furan rings is 2. The molecule has 0 N–H and O–H groups in total. The van der Waals surface area contributed by atoms with E-state index in [0.29, 0.717) is 102 Å². The maximum Gasteiger partial charge on any atom is 0.203 e. The van der Waals surface area contributed by atoms with E-state index in [1.165, 1.54) is 28.4 Å². The Labute approximate surface area is 368 Å². The summed E-state index contributed by atoms with van der Waals surface area (Å²) in [5, 5.41) is 0. The number of pyridine rings is 2. The molecule has 0 saturated heterocycles. The van der Waals surface area contributed by atoms with Crippen LogP contribution in [-0.4, -0.2) is 86.8 Å². The molecule has 4 aromatic carbocycles. The van der Waals surface area contributed by atoms with E-state index >= 15 is 0 Å². The first-order valence-corrected chi connectivity index (χ1v) is 19.5. The van der Waals surface area contributed by atoms with Crippen molar-refractivity contribution in [3.8, 4) is 91.3 Å². The molecular weight excluding hydrogens is 825 g/mol. The maximum absolute atomic E-state index is 13.8. The lowest BCUT2D eigenvalue weighted by atomic mass is 9.98. The summed E-state index contributed by atoms with van der Waals surface area (Å²) >= 11 is 0. The van der Waals surface area contributed by atoms with Gasteiger partial charge in [0.05, 0.1) is 94.6 Å². The number of methoxy groups -OCH3 is 10. The van der Waals surface area contributed by atoms with Gasteiger partial charge in [0.25, 0.3) is 0 Å². The van der Waals surface area contributed by atoms with E-state index in [1.54, 1.807) is 85.4 Å². The van der Waals surface area contributed by atoms with Gasteiger partial charge in [0, 0.05) is 28.8 Å². The molecule has 330 valence electrons. The summed E-state index contributed by atoms with van der Waals surface area (Å²) in [5.41, 5.74) is 5.99. The van der Waals surface area contributed by atoms with E-state index in [9.17, 15) is 4.79 Å². The van der Waals surface area contributed by atoms with E-state index in [4.69, 9.17) is 56.2 Å². The molecule has 8 rings (SSSR count). The number of benzene rings is 4. The van der Waals surface area contributed by atoms with Crippen molar-refractivity contribution < 1.29 is 61.0 Å². The molecule has 4 heterocycles. The normalized spacial score (nSPS) is 10.7. The van der Waals surface area contributed by atoms with Gasteiger partial charge in [0.1, 0.15) is 45.6 Å². The standard InChI is InChI=1S/C25H23NO7.C24H23NO6/c1-28-16-8-6-14(7-9-16)24-21(22-18(33-24)12-17(29-2)13-26-22)23(27)15-10-19(30-3)25(32-5)20(11-15)31-4;1-26-16-8-6-14(7-9-16)23-21(22-18(31-23)12-17(27-2)13-25-22)15-10-19(28-3)24(30-5)20(11-15)29-4/h6-13H,1-5H3;6-13H,1-5H3. The molecule has 0 atom stereocenters. The largest absolute Gasteiger partial charge is 0.497 e. The monoisotopic (exact) mass is 870 g/mol. The van der Waals surface area contributed by atoms with Gasteiger partial charge in [-0.3, -0.25) is 4.79 Å². The summed E-state index contributed by atoms with van der Waals surface area (Å²) in [4.78, 5) is 22.9. The van der Waals surface area contributed by atoms with E-state index < -0.39 is 0 Å². The van der Waals surface area contributed by atoms with Crippen molar-refractivity contribution in [3.05, 3.63) is 108 Å². The number of rotatable bonds is 15. The van der Waals surface area contributed by atoms with Gasteiger partial charge in [-0.25, -0.2) is 9.97 Å². The highest BCUT2D eigenvalue weighted by molar-refractivity contribution is 6.19. The van der Waals surface area contributed by atoms with Crippen LogP contribution in [0.3, 0.4) is 0 Å². The minimum atomic E-state index is -0.309. The third-order valence-electron chi connectivity index (χ3n) is 10.3. The molecule has 0 aliphatic heterocycles. The van der Waals surface area contributed by atoms with Crippen molar-refractivity contribution in [2.45, 2.75) is 0 Å². The van der Waals surface area contributed by atoms with Crippen LogP contribution >= 0.6 is 0 Å². The molecule has 64 heavy (non-hydrogen) atoms. The smallest absolute Gasteiger partial charge is 0.203 e. The van der Waals surface area contributed by atoms with Crippen LogP contribution in [0.15, 0.2) is 106 Å². The number of ether oxygens (including phenoxy) is 10. The van der Waals surface area contributed by atoms with Crippen molar-refractivity contribution in [2.75, 3.05) is 71.1 Å². The van der Waals surface area contributed by atoms with Gasteiger partial charge in [-0.15, -0.1) is 0 Å². The van der Waals surface area contributed by atoms with Crippen molar-refractivity contribution in [1.29, 1.82) is 0 Å². The molecule has 0 bridgehead atoms. The van der Waals surface area contributed by atoms with Crippen molar-refractivity contribution >= 4 is 28.0 Å². The lowest BCUT2D eigenvalue weighted by Gasteiger charge is -2.14. The molecule has 0 radical (unpaired) electrons. The number of carbonyl (C=O) groups excluding carboxylic acids is 1. The Hall–Kier alpha value is -8.07. The van der Waals surface area contributed by atoms with E-state index in [1.807, 2.05) is 54.6 Å². The van der Waals surface area contributed by atoms with Crippen LogP contribution in [0.4, 0.5) is 0 Å². The van der Waals surface area contributed by atoms with Crippen molar-refractivity contribution in [1.82, 2.24) is 9.97 Å².